The summed E-state index contributed by atoms with van der Waals surface area (Å²) in [5.41, 5.74) is 2.17. The molecule has 0 aromatic heterocycles. The molecule has 0 heteroatoms. The quantitative estimate of drug-likeness (QED) is 0.525. The molecule has 3 unspecified atom stereocenters. The van der Waals surface area contributed by atoms with Crippen LogP contribution in [-0.4, -0.2) is 0 Å². The molecule has 2 aliphatic carbocycles. The summed E-state index contributed by atoms with van der Waals surface area (Å²) in [5.74, 6) is 1.74. The predicted molar refractivity (Wildman–Crippen MR) is 68.9 cm³/mol. The molecule has 1 fully saturated rings. The maximum absolute atomic E-state index is 2.45. The van der Waals surface area contributed by atoms with E-state index >= 15 is 0 Å². The number of fused-ring (bicyclic) bond motifs is 1. The lowest BCUT2D eigenvalue weighted by atomic mass is 9.59. The van der Waals surface area contributed by atoms with Gasteiger partial charge in [0.05, 0.1) is 0 Å². The zero-order valence-corrected chi connectivity index (χ0v) is 11.0. The Morgan fingerprint density at radius 3 is 2.60 bits per heavy atom. The van der Waals surface area contributed by atoms with E-state index in [1.165, 1.54) is 19.3 Å². The van der Waals surface area contributed by atoms with Crippen LogP contribution in [0.25, 0.3) is 0 Å². The summed E-state index contributed by atoms with van der Waals surface area (Å²) in [6.45, 7) is 11.3. The van der Waals surface area contributed by atoms with Gasteiger partial charge in [0.1, 0.15) is 0 Å². The highest BCUT2D eigenvalue weighted by Gasteiger charge is 2.40. The smallest absolute Gasteiger partial charge is 0.00506 e. The van der Waals surface area contributed by atoms with E-state index < -0.39 is 0 Å². The van der Waals surface area contributed by atoms with Crippen molar-refractivity contribution in [1.29, 1.82) is 0 Å². The molecule has 86 valence electrons. The standard InChI is InChI=1S/C13H20.C2H6/c1-10-7-8-12-6-4-5-9-13(12,3)11(10)2;1-2/h4-6,10-11H,7-9H2,1-3H3;1-2H3. The molecule has 1 saturated carbocycles. The second kappa shape index (κ2) is 5.01. The van der Waals surface area contributed by atoms with Gasteiger partial charge in [-0.25, -0.2) is 0 Å². The third kappa shape index (κ3) is 2.19. The van der Waals surface area contributed by atoms with Crippen LogP contribution in [0.3, 0.4) is 0 Å². The highest BCUT2D eigenvalue weighted by Crippen LogP contribution is 2.51. The molecule has 0 radical (unpaired) electrons. The van der Waals surface area contributed by atoms with Crippen LogP contribution in [0.4, 0.5) is 0 Å². The Morgan fingerprint density at radius 2 is 1.93 bits per heavy atom. The molecule has 0 nitrogen and oxygen atoms in total. The zero-order chi connectivity index (χ0) is 11.5. The Hall–Kier alpha value is -0.520. The van der Waals surface area contributed by atoms with Gasteiger partial charge in [-0.15, -0.1) is 0 Å². The summed E-state index contributed by atoms with van der Waals surface area (Å²) in [7, 11) is 0. The monoisotopic (exact) mass is 206 g/mol. The summed E-state index contributed by atoms with van der Waals surface area (Å²) in [5, 5.41) is 0. The molecule has 2 rings (SSSR count). The molecule has 2 aliphatic rings. The van der Waals surface area contributed by atoms with Crippen molar-refractivity contribution in [2.45, 2.75) is 53.9 Å². The lowest BCUT2D eigenvalue weighted by Crippen LogP contribution is -2.36. The van der Waals surface area contributed by atoms with Gasteiger partial charge in [0.25, 0.3) is 0 Å². The molecular formula is C15H26. The summed E-state index contributed by atoms with van der Waals surface area (Å²) in [6, 6.07) is 0. The second-order valence-corrected chi connectivity index (χ2v) is 5.05. The molecule has 0 saturated heterocycles. The van der Waals surface area contributed by atoms with Crippen molar-refractivity contribution in [3.05, 3.63) is 23.8 Å². The van der Waals surface area contributed by atoms with Gasteiger partial charge in [-0.1, -0.05) is 58.4 Å². The highest BCUT2D eigenvalue weighted by molar-refractivity contribution is 5.28. The molecular weight excluding hydrogens is 180 g/mol. The summed E-state index contributed by atoms with van der Waals surface area (Å²) >= 11 is 0. The van der Waals surface area contributed by atoms with E-state index in [9.17, 15) is 0 Å². The molecule has 0 N–H and O–H groups in total. The first-order chi connectivity index (χ1) is 7.14. The maximum Gasteiger partial charge on any atom is -0.00506 e. The van der Waals surface area contributed by atoms with E-state index in [4.69, 9.17) is 0 Å². The van der Waals surface area contributed by atoms with Crippen LogP contribution in [-0.2, 0) is 0 Å². The van der Waals surface area contributed by atoms with Gasteiger partial charge in [-0.05, 0) is 36.5 Å². The van der Waals surface area contributed by atoms with Crippen molar-refractivity contribution in [1.82, 2.24) is 0 Å². The van der Waals surface area contributed by atoms with Crippen LogP contribution in [0, 0.1) is 17.3 Å². The molecule has 0 heterocycles. The van der Waals surface area contributed by atoms with Gasteiger partial charge in [0.2, 0.25) is 0 Å². The van der Waals surface area contributed by atoms with E-state index in [1.54, 1.807) is 5.57 Å². The minimum atomic E-state index is 0.479. The van der Waals surface area contributed by atoms with Crippen LogP contribution >= 0.6 is 0 Å². The molecule has 15 heavy (non-hydrogen) atoms. The van der Waals surface area contributed by atoms with Crippen LogP contribution in [0.5, 0.6) is 0 Å². The third-order valence-corrected chi connectivity index (χ3v) is 4.44. The van der Waals surface area contributed by atoms with E-state index in [1.807, 2.05) is 13.8 Å². The molecule has 0 aromatic carbocycles. The number of hydrogen-bond acceptors (Lipinski definition) is 0. The topological polar surface area (TPSA) is 0 Å². The molecule has 0 aliphatic heterocycles. The normalized spacial score (nSPS) is 38.6. The lowest BCUT2D eigenvalue weighted by molar-refractivity contribution is 0.141. The van der Waals surface area contributed by atoms with E-state index in [0.29, 0.717) is 5.41 Å². The molecule has 0 spiro atoms. The van der Waals surface area contributed by atoms with E-state index in [-0.39, 0.29) is 0 Å². The SMILES string of the molecule is CC.CC1CCC2=CC=CCC2(C)C1C. The van der Waals surface area contributed by atoms with Gasteiger partial charge in [0.15, 0.2) is 0 Å². The Kier molecular flexibility index (Phi) is 4.19. The number of rotatable bonds is 0. The molecule has 3 atom stereocenters. The van der Waals surface area contributed by atoms with Gasteiger partial charge in [-0.2, -0.15) is 0 Å². The lowest BCUT2D eigenvalue weighted by Gasteiger charge is -2.46. The molecule has 0 aromatic rings. The first kappa shape index (κ1) is 12.5. The number of allylic oxidation sites excluding steroid dienone is 4. The average Bonchev–Trinajstić information content (AvgIpc) is 2.28. The van der Waals surface area contributed by atoms with Gasteiger partial charge in [-0.3, -0.25) is 0 Å². The first-order valence-corrected chi connectivity index (χ1v) is 6.51. The van der Waals surface area contributed by atoms with Crippen LogP contribution in [0.2, 0.25) is 0 Å². The zero-order valence-electron chi connectivity index (χ0n) is 11.0. The molecule has 0 bridgehead atoms. The maximum atomic E-state index is 2.45. The largest absolute Gasteiger partial charge is 0.0837 e. The summed E-state index contributed by atoms with van der Waals surface area (Å²) < 4.78 is 0. The Bertz CT molecular complexity index is 259. The fraction of sp³-hybridized carbons (Fsp3) is 0.733. The first-order valence-electron chi connectivity index (χ1n) is 6.51. The molecule has 0 amide bonds. The highest BCUT2D eigenvalue weighted by atomic mass is 14.4. The van der Waals surface area contributed by atoms with Crippen molar-refractivity contribution in [2.75, 3.05) is 0 Å². The number of hydrogen-bond donors (Lipinski definition) is 0. The van der Waals surface area contributed by atoms with Crippen LogP contribution in [0.1, 0.15) is 53.9 Å². The van der Waals surface area contributed by atoms with Crippen LogP contribution < -0.4 is 0 Å². The van der Waals surface area contributed by atoms with E-state index in [0.717, 1.165) is 11.8 Å². The van der Waals surface area contributed by atoms with Crippen molar-refractivity contribution in [3.8, 4) is 0 Å². The van der Waals surface area contributed by atoms with Crippen LogP contribution in [0.15, 0.2) is 23.8 Å². The minimum absolute atomic E-state index is 0.479. The van der Waals surface area contributed by atoms with Crippen molar-refractivity contribution >= 4 is 0 Å². The third-order valence-electron chi connectivity index (χ3n) is 4.44. The van der Waals surface area contributed by atoms with Gasteiger partial charge >= 0.3 is 0 Å². The predicted octanol–water partition coefficient (Wildman–Crippen LogP) is 4.97. The second-order valence-electron chi connectivity index (χ2n) is 5.05. The van der Waals surface area contributed by atoms with Crippen molar-refractivity contribution < 1.29 is 0 Å². The minimum Gasteiger partial charge on any atom is -0.0837 e. The fourth-order valence-electron chi connectivity index (χ4n) is 2.93. The summed E-state index contributed by atoms with van der Waals surface area (Å²) in [4.78, 5) is 0. The average molecular weight is 206 g/mol. The summed E-state index contributed by atoms with van der Waals surface area (Å²) in [6.07, 6.45) is 10.9. The Balaban J connectivity index is 0.000000531. The van der Waals surface area contributed by atoms with Crippen molar-refractivity contribution in [2.24, 2.45) is 17.3 Å². The Morgan fingerprint density at radius 1 is 1.27 bits per heavy atom. The van der Waals surface area contributed by atoms with Gasteiger partial charge < -0.3 is 0 Å². The van der Waals surface area contributed by atoms with Crippen molar-refractivity contribution in [3.63, 3.8) is 0 Å². The van der Waals surface area contributed by atoms with Gasteiger partial charge in [0, 0.05) is 0 Å². The fourth-order valence-corrected chi connectivity index (χ4v) is 2.93. The Labute approximate surface area is 95.5 Å². The van der Waals surface area contributed by atoms with E-state index in [2.05, 4.69) is 39.0 Å².